The summed E-state index contributed by atoms with van der Waals surface area (Å²) in [7, 11) is 4.10. The summed E-state index contributed by atoms with van der Waals surface area (Å²) in [5, 5.41) is 3.17. The largest absolute Gasteiger partial charge is 0.357 e. The van der Waals surface area contributed by atoms with Crippen molar-refractivity contribution in [1.29, 1.82) is 0 Å². The van der Waals surface area contributed by atoms with Crippen molar-refractivity contribution in [3.8, 4) is 0 Å². The van der Waals surface area contributed by atoms with Crippen molar-refractivity contribution in [1.82, 2.24) is 15.2 Å². The summed E-state index contributed by atoms with van der Waals surface area (Å²) in [5.74, 6) is 0.919. The van der Waals surface area contributed by atoms with Crippen molar-refractivity contribution in [3.63, 3.8) is 0 Å². The lowest BCUT2D eigenvalue weighted by Crippen LogP contribution is -2.36. The molecule has 21 heavy (non-hydrogen) atoms. The lowest BCUT2D eigenvalue weighted by molar-refractivity contribution is 0.222. The Bertz CT molecular complexity index is 444. The zero-order valence-electron chi connectivity index (χ0n) is 13.4. The monoisotopic (exact) mass is 294 g/mol. The molecule has 1 aromatic rings. The summed E-state index contributed by atoms with van der Waals surface area (Å²) in [6.07, 6.45) is 4.06. The van der Waals surface area contributed by atoms with Gasteiger partial charge in [-0.25, -0.2) is 9.37 Å². The Labute approximate surface area is 127 Å². The van der Waals surface area contributed by atoms with E-state index in [0.717, 1.165) is 26.2 Å². The van der Waals surface area contributed by atoms with Gasteiger partial charge in [0, 0.05) is 31.9 Å². The maximum absolute atomic E-state index is 14.5. The molecule has 0 bridgehead atoms. The number of rotatable bonds is 6. The number of piperidine rings is 1. The minimum Gasteiger partial charge on any atom is -0.357 e. The van der Waals surface area contributed by atoms with Gasteiger partial charge in [-0.05, 0) is 51.5 Å². The van der Waals surface area contributed by atoms with Crippen molar-refractivity contribution in [2.24, 2.45) is 5.92 Å². The normalized spacial score (nSPS) is 17.1. The van der Waals surface area contributed by atoms with Crippen LogP contribution in [0.25, 0.3) is 0 Å². The van der Waals surface area contributed by atoms with Gasteiger partial charge in [-0.2, -0.15) is 0 Å². The Hall–Kier alpha value is -1.20. The van der Waals surface area contributed by atoms with E-state index in [2.05, 4.69) is 22.2 Å². The van der Waals surface area contributed by atoms with Gasteiger partial charge in [-0.15, -0.1) is 0 Å². The fraction of sp³-hybridized carbons (Fsp3) is 0.688. The summed E-state index contributed by atoms with van der Waals surface area (Å²) in [6, 6.07) is 1.75. The van der Waals surface area contributed by atoms with E-state index in [0.29, 0.717) is 23.8 Å². The Morgan fingerprint density at radius 1 is 1.43 bits per heavy atom. The number of aromatic nitrogens is 1. The number of halogens is 1. The van der Waals surface area contributed by atoms with Gasteiger partial charge in [-0.1, -0.05) is 6.92 Å². The molecule has 1 N–H and O–H groups in total. The molecule has 0 saturated carbocycles. The van der Waals surface area contributed by atoms with Crippen LogP contribution in [0.3, 0.4) is 0 Å². The van der Waals surface area contributed by atoms with E-state index in [-0.39, 0.29) is 5.82 Å². The van der Waals surface area contributed by atoms with Gasteiger partial charge >= 0.3 is 0 Å². The molecule has 0 aromatic carbocycles. The number of hydrogen-bond donors (Lipinski definition) is 1. The molecular formula is C16H27FN4. The van der Waals surface area contributed by atoms with E-state index in [9.17, 15) is 4.39 Å². The van der Waals surface area contributed by atoms with Crippen molar-refractivity contribution < 1.29 is 4.39 Å². The van der Waals surface area contributed by atoms with E-state index < -0.39 is 0 Å². The van der Waals surface area contributed by atoms with Crippen LogP contribution >= 0.6 is 0 Å². The fourth-order valence-electron chi connectivity index (χ4n) is 2.85. The van der Waals surface area contributed by atoms with Crippen molar-refractivity contribution in [3.05, 3.63) is 23.6 Å². The van der Waals surface area contributed by atoms with Gasteiger partial charge in [-0.3, -0.25) is 0 Å². The van der Waals surface area contributed by atoms with Gasteiger partial charge in [0.15, 0.2) is 11.6 Å². The van der Waals surface area contributed by atoms with E-state index in [1.54, 1.807) is 12.3 Å². The average Bonchev–Trinajstić information content (AvgIpc) is 2.48. The molecule has 1 aromatic heterocycles. The second-order valence-electron chi connectivity index (χ2n) is 6.02. The van der Waals surface area contributed by atoms with E-state index in [1.165, 1.54) is 12.8 Å². The van der Waals surface area contributed by atoms with Crippen LogP contribution in [0.5, 0.6) is 0 Å². The number of nitrogens with one attached hydrogen (secondary N) is 1. The lowest BCUT2D eigenvalue weighted by atomic mass is 9.96. The number of anilines is 1. The summed E-state index contributed by atoms with van der Waals surface area (Å²) in [4.78, 5) is 8.57. The summed E-state index contributed by atoms with van der Waals surface area (Å²) < 4.78 is 14.5. The molecule has 2 heterocycles. The van der Waals surface area contributed by atoms with Gasteiger partial charge in [0.2, 0.25) is 0 Å². The van der Waals surface area contributed by atoms with Crippen LogP contribution in [0.1, 0.15) is 25.3 Å². The van der Waals surface area contributed by atoms with Crippen LogP contribution in [0.4, 0.5) is 10.2 Å². The summed E-state index contributed by atoms with van der Waals surface area (Å²) >= 11 is 0. The molecule has 0 unspecified atom stereocenters. The predicted molar refractivity (Wildman–Crippen MR) is 85.1 cm³/mol. The first-order valence-electron chi connectivity index (χ1n) is 7.85. The van der Waals surface area contributed by atoms with Gasteiger partial charge in [0.05, 0.1) is 0 Å². The summed E-state index contributed by atoms with van der Waals surface area (Å²) in [6.45, 7) is 6.56. The zero-order valence-corrected chi connectivity index (χ0v) is 13.4. The van der Waals surface area contributed by atoms with E-state index >= 15 is 0 Å². The molecule has 0 radical (unpaired) electrons. The Morgan fingerprint density at radius 3 is 2.81 bits per heavy atom. The second kappa shape index (κ2) is 7.71. The molecule has 1 aliphatic heterocycles. The highest BCUT2D eigenvalue weighted by molar-refractivity contribution is 5.42. The first kappa shape index (κ1) is 16.2. The molecule has 0 atom stereocenters. The van der Waals surface area contributed by atoms with Crippen LogP contribution in [0.2, 0.25) is 0 Å². The smallest absolute Gasteiger partial charge is 0.170 e. The molecule has 1 fully saturated rings. The summed E-state index contributed by atoms with van der Waals surface area (Å²) in [5.41, 5.74) is 0.692. The SMILES string of the molecule is CCNCc1ccnc(N(C)CC2CCN(C)CC2)c1F. The van der Waals surface area contributed by atoms with Crippen LogP contribution < -0.4 is 10.2 Å². The van der Waals surface area contributed by atoms with Crippen LogP contribution in [-0.4, -0.2) is 50.2 Å². The van der Waals surface area contributed by atoms with Crippen LogP contribution in [0, 0.1) is 11.7 Å². The molecule has 1 aliphatic rings. The number of pyridine rings is 1. The number of likely N-dealkylation sites (tertiary alicyclic amines) is 1. The molecule has 2 rings (SSSR count). The molecule has 1 saturated heterocycles. The molecule has 118 valence electrons. The van der Waals surface area contributed by atoms with Gasteiger partial charge in [0.1, 0.15) is 0 Å². The first-order valence-corrected chi connectivity index (χ1v) is 7.85. The molecule has 0 amide bonds. The molecule has 0 spiro atoms. The van der Waals surface area contributed by atoms with Crippen molar-refractivity contribution >= 4 is 5.82 Å². The van der Waals surface area contributed by atoms with Gasteiger partial charge < -0.3 is 15.1 Å². The molecule has 0 aliphatic carbocycles. The average molecular weight is 294 g/mol. The second-order valence-corrected chi connectivity index (χ2v) is 6.02. The highest BCUT2D eigenvalue weighted by Gasteiger charge is 2.20. The third kappa shape index (κ3) is 4.38. The van der Waals surface area contributed by atoms with Gasteiger partial charge in [0.25, 0.3) is 0 Å². The maximum Gasteiger partial charge on any atom is 0.170 e. The zero-order chi connectivity index (χ0) is 15.2. The van der Waals surface area contributed by atoms with Crippen LogP contribution in [0.15, 0.2) is 12.3 Å². The maximum atomic E-state index is 14.5. The fourth-order valence-corrected chi connectivity index (χ4v) is 2.85. The number of nitrogens with zero attached hydrogens (tertiary/aromatic N) is 3. The Morgan fingerprint density at radius 2 is 2.14 bits per heavy atom. The molecular weight excluding hydrogens is 267 g/mol. The Kier molecular flexibility index (Phi) is 5.94. The number of hydrogen-bond acceptors (Lipinski definition) is 4. The standard InChI is InChI=1S/C16H27FN4/c1-4-18-11-14-5-8-19-16(15(14)17)21(3)12-13-6-9-20(2)10-7-13/h5,8,13,18H,4,6-7,9-12H2,1-3H3. The minimum absolute atomic E-state index is 0.186. The topological polar surface area (TPSA) is 31.4 Å². The minimum atomic E-state index is -0.186. The molecule has 5 heteroatoms. The van der Waals surface area contributed by atoms with Crippen molar-refractivity contribution in [2.45, 2.75) is 26.3 Å². The Balaban J connectivity index is 1.99. The van der Waals surface area contributed by atoms with Crippen LogP contribution in [-0.2, 0) is 6.54 Å². The lowest BCUT2D eigenvalue weighted by Gasteiger charge is -2.32. The third-order valence-electron chi connectivity index (χ3n) is 4.25. The van der Waals surface area contributed by atoms with Crippen molar-refractivity contribution in [2.75, 3.05) is 45.2 Å². The van der Waals surface area contributed by atoms with E-state index in [4.69, 9.17) is 0 Å². The predicted octanol–water partition coefficient (Wildman–Crippen LogP) is 2.11. The highest BCUT2D eigenvalue weighted by Crippen LogP contribution is 2.22. The molecule has 4 nitrogen and oxygen atoms in total. The third-order valence-corrected chi connectivity index (χ3v) is 4.25. The quantitative estimate of drug-likeness (QED) is 0.871. The van der Waals surface area contributed by atoms with E-state index in [1.807, 2.05) is 18.9 Å². The first-order chi connectivity index (χ1) is 10.1. The highest BCUT2D eigenvalue weighted by atomic mass is 19.1.